The first-order chi connectivity index (χ1) is 12.8. The van der Waals surface area contributed by atoms with E-state index in [1.165, 1.54) is 17.2 Å². The molecule has 0 unspecified atom stereocenters. The van der Waals surface area contributed by atoms with Gasteiger partial charge in [-0.2, -0.15) is 0 Å². The van der Waals surface area contributed by atoms with Gasteiger partial charge in [0.2, 0.25) is 0 Å². The molecule has 0 heterocycles. The summed E-state index contributed by atoms with van der Waals surface area (Å²) in [6.45, 7) is 6.29. The average Bonchev–Trinajstić information content (AvgIpc) is 2.60. The number of rotatable bonds is 7. The monoisotopic (exact) mass is 364 g/mol. The highest BCUT2D eigenvalue weighted by atomic mass is 16.3. The molecule has 0 spiro atoms. The van der Waals surface area contributed by atoms with Crippen molar-refractivity contribution in [1.29, 1.82) is 0 Å². The molecule has 0 amide bonds. The van der Waals surface area contributed by atoms with E-state index >= 15 is 0 Å². The van der Waals surface area contributed by atoms with Crippen molar-refractivity contribution in [3.63, 3.8) is 0 Å². The Bertz CT molecular complexity index is 852. The van der Waals surface area contributed by atoms with Crippen molar-refractivity contribution < 1.29 is 15.3 Å². The fourth-order valence-electron chi connectivity index (χ4n) is 2.77. The normalized spacial score (nSPS) is 11.7. The summed E-state index contributed by atoms with van der Waals surface area (Å²) in [7, 11) is 0. The smallest absolute Gasteiger partial charge is 0.123 e. The first-order valence-corrected chi connectivity index (χ1v) is 9.16. The van der Waals surface area contributed by atoms with E-state index in [-0.39, 0.29) is 17.2 Å². The molecule has 3 nitrogen and oxygen atoms in total. The summed E-state index contributed by atoms with van der Waals surface area (Å²) in [6, 6.07) is 9.89. The first-order valence-electron chi connectivity index (χ1n) is 9.16. The lowest BCUT2D eigenvalue weighted by atomic mass is 9.99. The van der Waals surface area contributed by atoms with Crippen LogP contribution in [0.15, 0.2) is 59.7 Å². The van der Waals surface area contributed by atoms with Gasteiger partial charge < -0.3 is 15.3 Å². The predicted octanol–water partition coefficient (Wildman–Crippen LogP) is 6.21. The van der Waals surface area contributed by atoms with Crippen LogP contribution in [0.25, 0.3) is 12.2 Å². The maximum Gasteiger partial charge on any atom is 0.123 e. The first kappa shape index (κ1) is 20.4. The molecule has 0 aliphatic carbocycles. The molecule has 2 aromatic rings. The quantitative estimate of drug-likeness (QED) is 0.404. The summed E-state index contributed by atoms with van der Waals surface area (Å²) in [5.74, 6) is 0.344. The van der Waals surface area contributed by atoms with Crippen LogP contribution in [0.1, 0.15) is 50.3 Å². The molecule has 0 bridgehead atoms. The number of aromatic hydroxyl groups is 3. The number of phenolic OH excluding ortho intramolecular Hbond substituents is 3. The van der Waals surface area contributed by atoms with Gasteiger partial charge in [0, 0.05) is 11.6 Å². The van der Waals surface area contributed by atoms with Crippen molar-refractivity contribution in [1.82, 2.24) is 0 Å². The van der Waals surface area contributed by atoms with Gasteiger partial charge in [0.05, 0.1) is 0 Å². The summed E-state index contributed by atoms with van der Waals surface area (Å²) < 4.78 is 0. The molecule has 3 heteroatoms. The van der Waals surface area contributed by atoms with Crippen LogP contribution in [0.5, 0.6) is 17.2 Å². The molecule has 0 saturated heterocycles. The molecule has 0 aromatic heterocycles. The van der Waals surface area contributed by atoms with Crippen LogP contribution in [-0.2, 0) is 6.42 Å². The number of allylic oxidation sites excluding steroid dienone is 4. The van der Waals surface area contributed by atoms with Gasteiger partial charge in [-0.1, -0.05) is 47.6 Å². The molecule has 2 aromatic carbocycles. The number of phenols is 3. The molecule has 0 aliphatic rings. The number of benzene rings is 2. The van der Waals surface area contributed by atoms with E-state index in [2.05, 4.69) is 32.9 Å². The van der Waals surface area contributed by atoms with Gasteiger partial charge in [0.25, 0.3) is 0 Å². The minimum Gasteiger partial charge on any atom is -0.508 e. The molecule has 27 heavy (non-hydrogen) atoms. The second-order valence-corrected chi connectivity index (χ2v) is 7.03. The third-order valence-corrected chi connectivity index (χ3v) is 4.34. The third-order valence-electron chi connectivity index (χ3n) is 4.34. The molecule has 0 fully saturated rings. The summed E-state index contributed by atoms with van der Waals surface area (Å²) in [5.41, 5.74) is 5.07. The van der Waals surface area contributed by atoms with Crippen molar-refractivity contribution in [3.05, 3.63) is 76.4 Å². The minimum absolute atomic E-state index is 0.0332. The largest absolute Gasteiger partial charge is 0.508 e. The molecular formula is C24H28O3. The Kier molecular flexibility index (Phi) is 7.30. The Morgan fingerprint density at radius 3 is 2.22 bits per heavy atom. The zero-order chi connectivity index (χ0) is 19.8. The van der Waals surface area contributed by atoms with Crippen LogP contribution in [0.4, 0.5) is 0 Å². The van der Waals surface area contributed by atoms with Crippen molar-refractivity contribution >= 4 is 12.2 Å². The number of hydrogen-bond acceptors (Lipinski definition) is 3. The van der Waals surface area contributed by atoms with Crippen LogP contribution < -0.4 is 0 Å². The average molecular weight is 364 g/mol. The van der Waals surface area contributed by atoms with E-state index in [9.17, 15) is 15.3 Å². The van der Waals surface area contributed by atoms with Crippen LogP contribution in [-0.4, -0.2) is 15.3 Å². The topological polar surface area (TPSA) is 60.7 Å². The standard InChI is InChI=1S/C24H28O3/c1-17(2)5-4-6-18(3)7-14-23-20(15-22(26)16-24(23)27)11-8-19-9-12-21(25)13-10-19/h5,7-13,15-16,25-27H,4,6,14H2,1-3H3/b11-8+,18-7+. The van der Waals surface area contributed by atoms with E-state index in [1.807, 2.05) is 12.2 Å². The molecule has 3 N–H and O–H groups in total. The van der Waals surface area contributed by atoms with E-state index < -0.39 is 0 Å². The van der Waals surface area contributed by atoms with E-state index in [0.717, 1.165) is 29.5 Å². The highest BCUT2D eigenvalue weighted by Crippen LogP contribution is 2.30. The third kappa shape index (κ3) is 6.70. The highest BCUT2D eigenvalue weighted by molar-refractivity contribution is 5.73. The lowest BCUT2D eigenvalue weighted by Crippen LogP contribution is -1.90. The second-order valence-electron chi connectivity index (χ2n) is 7.03. The van der Waals surface area contributed by atoms with Gasteiger partial charge in [-0.3, -0.25) is 0 Å². The summed E-state index contributed by atoms with van der Waals surface area (Å²) in [5, 5.41) is 29.5. The van der Waals surface area contributed by atoms with Crippen molar-refractivity contribution in [2.45, 2.75) is 40.0 Å². The number of hydrogen-bond donors (Lipinski definition) is 3. The fourth-order valence-corrected chi connectivity index (χ4v) is 2.77. The Morgan fingerprint density at radius 1 is 0.852 bits per heavy atom. The van der Waals surface area contributed by atoms with E-state index in [4.69, 9.17) is 0 Å². The molecule has 2 rings (SSSR count). The molecule has 0 radical (unpaired) electrons. The Hall–Kier alpha value is -2.94. The maximum atomic E-state index is 10.3. The van der Waals surface area contributed by atoms with Gasteiger partial charge in [0.15, 0.2) is 0 Å². The summed E-state index contributed by atoms with van der Waals surface area (Å²) in [4.78, 5) is 0. The molecular weight excluding hydrogens is 336 g/mol. The lowest BCUT2D eigenvalue weighted by Gasteiger charge is -2.09. The van der Waals surface area contributed by atoms with Gasteiger partial charge in [-0.05, 0) is 69.4 Å². The van der Waals surface area contributed by atoms with Crippen LogP contribution in [0, 0.1) is 0 Å². The molecule has 0 atom stereocenters. The molecule has 0 aliphatic heterocycles. The van der Waals surface area contributed by atoms with E-state index in [0.29, 0.717) is 6.42 Å². The van der Waals surface area contributed by atoms with E-state index in [1.54, 1.807) is 30.3 Å². The summed E-state index contributed by atoms with van der Waals surface area (Å²) >= 11 is 0. The van der Waals surface area contributed by atoms with Crippen LogP contribution >= 0.6 is 0 Å². The molecule has 0 saturated carbocycles. The highest BCUT2D eigenvalue weighted by Gasteiger charge is 2.08. The zero-order valence-electron chi connectivity index (χ0n) is 16.2. The minimum atomic E-state index is 0.0332. The summed E-state index contributed by atoms with van der Waals surface area (Å²) in [6.07, 6.45) is 10.7. The van der Waals surface area contributed by atoms with Crippen molar-refractivity contribution in [2.75, 3.05) is 0 Å². The second kappa shape index (κ2) is 9.67. The maximum absolute atomic E-state index is 10.3. The SMILES string of the molecule is CC(C)=CCC/C(C)=C/Cc1c(O)cc(O)cc1/C=C/c1ccc(O)cc1. The fraction of sp³-hybridized carbons (Fsp3) is 0.250. The van der Waals surface area contributed by atoms with Crippen molar-refractivity contribution in [2.24, 2.45) is 0 Å². The van der Waals surface area contributed by atoms with Gasteiger partial charge >= 0.3 is 0 Å². The van der Waals surface area contributed by atoms with Crippen molar-refractivity contribution in [3.8, 4) is 17.2 Å². The zero-order valence-corrected chi connectivity index (χ0v) is 16.2. The van der Waals surface area contributed by atoms with Gasteiger partial charge in [0.1, 0.15) is 17.2 Å². The van der Waals surface area contributed by atoms with Gasteiger partial charge in [-0.15, -0.1) is 0 Å². The Morgan fingerprint density at radius 2 is 1.56 bits per heavy atom. The Balaban J connectivity index is 2.20. The Labute approximate surface area is 161 Å². The lowest BCUT2D eigenvalue weighted by molar-refractivity contribution is 0.446. The van der Waals surface area contributed by atoms with Crippen LogP contribution in [0.3, 0.4) is 0 Å². The van der Waals surface area contributed by atoms with Gasteiger partial charge in [-0.25, -0.2) is 0 Å². The predicted molar refractivity (Wildman–Crippen MR) is 113 cm³/mol. The molecule has 142 valence electrons. The van der Waals surface area contributed by atoms with Crippen LogP contribution in [0.2, 0.25) is 0 Å².